The molecular weight excluding hydrogens is 410 g/mol. The molecule has 8 nitrogen and oxygen atoms in total. The van der Waals surface area contributed by atoms with Crippen LogP contribution in [0.15, 0.2) is 42.5 Å². The Labute approximate surface area is 186 Å². The second kappa shape index (κ2) is 10.00. The number of hydrogen-bond acceptors (Lipinski definition) is 6. The zero-order valence-electron chi connectivity index (χ0n) is 18.8. The van der Waals surface area contributed by atoms with Crippen LogP contribution in [0, 0.1) is 13.8 Å². The van der Waals surface area contributed by atoms with Gasteiger partial charge in [0.1, 0.15) is 17.3 Å². The van der Waals surface area contributed by atoms with Crippen molar-refractivity contribution in [2.24, 2.45) is 0 Å². The molecule has 1 aromatic heterocycles. The van der Waals surface area contributed by atoms with E-state index in [2.05, 4.69) is 15.3 Å². The topological polar surface area (TPSA) is 103 Å². The second-order valence-corrected chi connectivity index (χ2v) is 7.23. The maximum absolute atomic E-state index is 12.7. The number of esters is 1. The molecule has 0 saturated carbocycles. The number of nitrogens with zero attached hydrogens (tertiary/aromatic N) is 1. The zero-order chi connectivity index (χ0) is 23.3. The predicted octanol–water partition coefficient (Wildman–Crippen LogP) is 4.28. The number of hydrogen-bond donors (Lipinski definition) is 2. The van der Waals surface area contributed by atoms with E-state index in [4.69, 9.17) is 14.2 Å². The van der Waals surface area contributed by atoms with Crippen LogP contribution in [0.2, 0.25) is 0 Å². The van der Waals surface area contributed by atoms with E-state index in [0.717, 1.165) is 22.8 Å². The quantitative estimate of drug-likeness (QED) is 0.510. The van der Waals surface area contributed by atoms with E-state index in [1.54, 1.807) is 56.5 Å². The fourth-order valence-electron chi connectivity index (χ4n) is 3.08. The maximum Gasteiger partial charge on any atom is 0.338 e. The Kier molecular flexibility index (Phi) is 7.14. The fraction of sp³-hybridized carbons (Fsp3) is 0.292. The van der Waals surface area contributed by atoms with Crippen LogP contribution in [0.3, 0.4) is 0 Å². The SMILES string of the molecule is CCC(OC(=O)c1ccc(-c2nc(C)c(C)[nH]2)cc1)C(=O)Nc1ccc(OC)cc1OC. The van der Waals surface area contributed by atoms with E-state index >= 15 is 0 Å². The van der Waals surface area contributed by atoms with Crippen LogP contribution in [0.4, 0.5) is 5.69 Å². The molecule has 8 heteroatoms. The van der Waals surface area contributed by atoms with Crippen molar-refractivity contribution < 1.29 is 23.8 Å². The number of nitrogens with one attached hydrogen (secondary N) is 2. The summed E-state index contributed by atoms with van der Waals surface area (Å²) in [5.41, 5.74) is 3.58. The summed E-state index contributed by atoms with van der Waals surface area (Å²) < 4.78 is 15.9. The highest BCUT2D eigenvalue weighted by molar-refractivity contribution is 5.98. The number of aryl methyl sites for hydroxylation is 2. The number of benzene rings is 2. The molecule has 0 bridgehead atoms. The van der Waals surface area contributed by atoms with Crippen LogP contribution in [-0.4, -0.2) is 42.2 Å². The monoisotopic (exact) mass is 437 g/mol. The molecule has 1 atom stereocenters. The van der Waals surface area contributed by atoms with Gasteiger partial charge in [-0.3, -0.25) is 4.79 Å². The Balaban J connectivity index is 1.68. The Bertz CT molecular complexity index is 1090. The molecular formula is C24H27N3O5. The summed E-state index contributed by atoms with van der Waals surface area (Å²) in [6, 6.07) is 11.9. The van der Waals surface area contributed by atoms with Crippen molar-refractivity contribution in [3.05, 3.63) is 59.4 Å². The molecule has 0 aliphatic rings. The van der Waals surface area contributed by atoms with Gasteiger partial charge in [0.25, 0.3) is 5.91 Å². The first-order valence-electron chi connectivity index (χ1n) is 10.2. The number of aromatic amines is 1. The van der Waals surface area contributed by atoms with Gasteiger partial charge >= 0.3 is 5.97 Å². The van der Waals surface area contributed by atoms with Crippen LogP contribution < -0.4 is 14.8 Å². The Morgan fingerprint density at radius 3 is 2.34 bits per heavy atom. The average Bonchev–Trinajstić information content (AvgIpc) is 3.15. The van der Waals surface area contributed by atoms with E-state index in [1.165, 1.54) is 7.11 Å². The van der Waals surface area contributed by atoms with Crippen molar-refractivity contribution in [3.63, 3.8) is 0 Å². The summed E-state index contributed by atoms with van der Waals surface area (Å²) in [6.45, 7) is 5.65. The van der Waals surface area contributed by atoms with E-state index in [0.29, 0.717) is 29.2 Å². The smallest absolute Gasteiger partial charge is 0.338 e. The van der Waals surface area contributed by atoms with Gasteiger partial charge in [0.05, 0.1) is 31.2 Å². The second-order valence-electron chi connectivity index (χ2n) is 7.23. The highest BCUT2D eigenvalue weighted by Gasteiger charge is 2.23. The largest absolute Gasteiger partial charge is 0.497 e. The minimum absolute atomic E-state index is 0.319. The number of aromatic nitrogens is 2. The molecule has 0 aliphatic heterocycles. The van der Waals surface area contributed by atoms with Crippen molar-refractivity contribution in [3.8, 4) is 22.9 Å². The number of H-pyrrole nitrogens is 1. The van der Waals surface area contributed by atoms with Crippen molar-refractivity contribution in [1.29, 1.82) is 0 Å². The molecule has 3 rings (SSSR count). The predicted molar refractivity (Wildman–Crippen MR) is 121 cm³/mol. The molecule has 1 heterocycles. The summed E-state index contributed by atoms with van der Waals surface area (Å²) in [6.07, 6.45) is -0.636. The van der Waals surface area contributed by atoms with E-state index < -0.39 is 18.0 Å². The molecule has 0 fully saturated rings. The van der Waals surface area contributed by atoms with Gasteiger partial charge < -0.3 is 24.5 Å². The Hall–Kier alpha value is -3.81. The van der Waals surface area contributed by atoms with Gasteiger partial charge in [-0.15, -0.1) is 0 Å². The lowest BCUT2D eigenvalue weighted by molar-refractivity contribution is -0.124. The number of imidazole rings is 1. The number of amides is 1. The van der Waals surface area contributed by atoms with Gasteiger partial charge in [0, 0.05) is 17.3 Å². The van der Waals surface area contributed by atoms with Crippen LogP contribution in [0.1, 0.15) is 35.1 Å². The first-order valence-corrected chi connectivity index (χ1v) is 10.2. The lowest BCUT2D eigenvalue weighted by Crippen LogP contribution is -2.32. The molecule has 1 unspecified atom stereocenters. The van der Waals surface area contributed by atoms with E-state index in [-0.39, 0.29) is 0 Å². The summed E-state index contributed by atoms with van der Waals surface area (Å²) in [5, 5.41) is 2.75. The first-order chi connectivity index (χ1) is 15.4. The number of rotatable bonds is 8. The standard InChI is InChI=1S/C24H27N3O5/c1-6-20(23(28)27-19-12-11-18(30-4)13-21(19)31-5)32-24(29)17-9-7-16(8-10-17)22-25-14(2)15(3)26-22/h7-13,20H,6H2,1-5H3,(H,25,26)(H,27,28). The molecule has 1 amide bonds. The summed E-state index contributed by atoms with van der Waals surface area (Å²) in [5.74, 6) is 0.758. The molecule has 2 aromatic carbocycles. The summed E-state index contributed by atoms with van der Waals surface area (Å²) in [4.78, 5) is 33.0. The molecule has 32 heavy (non-hydrogen) atoms. The maximum atomic E-state index is 12.7. The third kappa shape index (κ3) is 5.08. The van der Waals surface area contributed by atoms with Crippen LogP contribution in [0.25, 0.3) is 11.4 Å². The van der Waals surface area contributed by atoms with Crippen LogP contribution in [-0.2, 0) is 9.53 Å². The molecule has 0 saturated heterocycles. The highest BCUT2D eigenvalue weighted by atomic mass is 16.5. The van der Waals surface area contributed by atoms with Gasteiger partial charge in [-0.1, -0.05) is 19.1 Å². The van der Waals surface area contributed by atoms with Gasteiger partial charge in [-0.25, -0.2) is 9.78 Å². The number of carbonyl (C=O) groups excluding carboxylic acids is 2. The molecule has 2 N–H and O–H groups in total. The molecule has 0 radical (unpaired) electrons. The summed E-state index contributed by atoms with van der Waals surface area (Å²) >= 11 is 0. The van der Waals surface area contributed by atoms with E-state index in [1.807, 2.05) is 13.8 Å². The molecule has 3 aromatic rings. The average molecular weight is 437 g/mol. The fourth-order valence-corrected chi connectivity index (χ4v) is 3.08. The summed E-state index contributed by atoms with van der Waals surface area (Å²) in [7, 11) is 3.04. The van der Waals surface area contributed by atoms with Gasteiger partial charge in [-0.2, -0.15) is 0 Å². The van der Waals surface area contributed by atoms with Crippen LogP contribution in [0.5, 0.6) is 11.5 Å². The third-order valence-electron chi connectivity index (χ3n) is 5.10. The van der Waals surface area contributed by atoms with Gasteiger partial charge in [0.2, 0.25) is 0 Å². The third-order valence-corrected chi connectivity index (χ3v) is 5.10. The minimum atomic E-state index is -0.954. The van der Waals surface area contributed by atoms with Crippen molar-refractivity contribution in [2.45, 2.75) is 33.3 Å². The Morgan fingerprint density at radius 1 is 1.06 bits per heavy atom. The normalized spacial score (nSPS) is 11.5. The van der Waals surface area contributed by atoms with Crippen molar-refractivity contribution in [1.82, 2.24) is 9.97 Å². The zero-order valence-corrected chi connectivity index (χ0v) is 18.8. The minimum Gasteiger partial charge on any atom is -0.497 e. The van der Waals surface area contributed by atoms with Crippen molar-refractivity contribution >= 4 is 17.6 Å². The number of carbonyl (C=O) groups is 2. The van der Waals surface area contributed by atoms with Crippen molar-refractivity contribution in [2.75, 3.05) is 19.5 Å². The lowest BCUT2D eigenvalue weighted by Gasteiger charge is -2.17. The molecule has 0 spiro atoms. The van der Waals surface area contributed by atoms with E-state index in [9.17, 15) is 9.59 Å². The highest BCUT2D eigenvalue weighted by Crippen LogP contribution is 2.29. The number of ether oxygens (including phenoxy) is 3. The first kappa shape index (κ1) is 22.9. The van der Waals surface area contributed by atoms with Crippen LogP contribution >= 0.6 is 0 Å². The number of anilines is 1. The van der Waals surface area contributed by atoms with Gasteiger partial charge in [-0.05, 0) is 44.5 Å². The lowest BCUT2D eigenvalue weighted by atomic mass is 10.1. The molecule has 0 aliphatic carbocycles. The molecule has 168 valence electrons. The van der Waals surface area contributed by atoms with Gasteiger partial charge in [0.15, 0.2) is 6.10 Å². The Morgan fingerprint density at radius 2 is 1.78 bits per heavy atom. The number of methoxy groups -OCH3 is 2.